The Morgan fingerprint density at radius 3 is 2.76 bits per heavy atom. The molecule has 1 aliphatic rings. The van der Waals surface area contributed by atoms with E-state index >= 15 is 0 Å². The third-order valence-corrected chi connectivity index (χ3v) is 2.90. The van der Waals surface area contributed by atoms with Gasteiger partial charge in [-0.15, -0.1) is 0 Å². The number of hydrogen-bond acceptors (Lipinski definition) is 4. The minimum atomic E-state index is -0.621. The summed E-state index contributed by atoms with van der Waals surface area (Å²) in [6.45, 7) is 0. The topological polar surface area (TPSA) is 90.1 Å². The zero-order chi connectivity index (χ0) is 12.3. The largest absolute Gasteiger partial charge is 0.390 e. The normalized spacial score (nSPS) is 16.7. The molecule has 0 aliphatic heterocycles. The van der Waals surface area contributed by atoms with Crippen molar-refractivity contribution in [3.8, 4) is 0 Å². The predicted octanol–water partition coefficient (Wildman–Crippen LogP) is 1.68. The van der Waals surface area contributed by atoms with Crippen LogP contribution in [0.5, 0.6) is 0 Å². The molecule has 1 aromatic heterocycles. The van der Waals surface area contributed by atoms with E-state index in [1.165, 1.54) is 18.7 Å². The number of nitrogens with one attached hydrogen (secondary N) is 1. The zero-order valence-electron chi connectivity index (χ0n) is 9.33. The molecular formula is C10H14N4O3. The van der Waals surface area contributed by atoms with Gasteiger partial charge in [0.05, 0.1) is 17.4 Å². The molecule has 1 aliphatic carbocycles. The molecule has 1 fully saturated rings. The van der Waals surface area contributed by atoms with Gasteiger partial charge < -0.3 is 15.4 Å². The van der Waals surface area contributed by atoms with Gasteiger partial charge >= 0.3 is 11.8 Å². The van der Waals surface area contributed by atoms with Gasteiger partial charge in [-0.05, 0) is 17.8 Å². The number of aromatic nitrogens is 2. The maximum Gasteiger partial charge on any atom is 0.390 e. The fraction of sp³-hybridized carbons (Fsp3) is 0.600. The molecule has 1 heterocycles. The molecule has 0 spiro atoms. The lowest BCUT2D eigenvalue weighted by molar-refractivity contribution is -0.389. The van der Waals surface area contributed by atoms with E-state index in [0.29, 0.717) is 0 Å². The number of carbonyl (C=O) groups excluding carboxylic acids is 1. The minimum Gasteiger partial charge on any atom is -0.358 e. The maximum absolute atomic E-state index is 11.7. The van der Waals surface area contributed by atoms with Crippen LogP contribution in [-0.2, 0) is 0 Å². The predicted molar refractivity (Wildman–Crippen MR) is 59.7 cm³/mol. The fourth-order valence-corrected chi connectivity index (χ4v) is 2.01. The highest BCUT2D eigenvalue weighted by molar-refractivity contribution is 5.76. The SMILES string of the molecule is O=C(NC1CCCCC1)n1ccc([N+](=O)[O-])n1. The van der Waals surface area contributed by atoms with Crippen molar-refractivity contribution in [2.45, 2.75) is 38.1 Å². The Bertz CT molecular complexity index is 423. The highest BCUT2D eigenvalue weighted by Crippen LogP contribution is 2.17. The molecular weight excluding hydrogens is 224 g/mol. The number of nitro groups is 1. The number of amides is 1. The Labute approximate surface area is 98.0 Å². The van der Waals surface area contributed by atoms with Crippen LogP contribution in [0.1, 0.15) is 32.1 Å². The summed E-state index contributed by atoms with van der Waals surface area (Å²) in [5.41, 5.74) is 0. The van der Waals surface area contributed by atoms with Crippen LogP contribution in [0.2, 0.25) is 0 Å². The number of carbonyl (C=O) groups is 1. The number of nitrogens with zero attached hydrogens (tertiary/aromatic N) is 3. The molecule has 17 heavy (non-hydrogen) atoms. The fourth-order valence-electron chi connectivity index (χ4n) is 2.01. The van der Waals surface area contributed by atoms with Crippen molar-refractivity contribution in [3.63, 3.8) is 0 Å². The van der Waals surface area contributed by atoms with Crippen LogP contribution >= 0.6 is 0 Å². The van der Waals surface area contributed by atoms with Gasteiger partial charge in [0, 0.05) is 6.04 Å². The summed E-state index contributed by atoms with van der Waals surface area (Å²) in [6, 6.07) is 0.977. The Morgan fingerprint density at radius 2 is 2.18 bits per heavy atom. The second-order valence-corrected chi connectivity index (χ2v) is 4.16. The van der Waals surface area contributed by atoms with E-state index in [4.69, 9.17) is 0 Å². The first-order valence-corrected chi connectivity index (χ1v) is 5.68. The molecule has 1 N–H and O–H groups in total. The molecule has 0 saturated heterocycles. The summed E-state index contributed by atoms with van der Waals surface area (Å²) >= 11 is 0. The quantitative estimate of drug-likeness (QED) is 0.627. The Balaban J connectivity index is 1.96. The van der Waals surface area contributed by atoms with E-state index in [0.717, 1.165) is 30.4 Å². The lowest BCUT2D eigenvalue weighted by atomic mass is 9.96. The van der Waals surface area contributed by atoms with Crippen LogP contribution < -0.4 is 5.32 Å². The van der Waals surface area contributed by atoms with Crippen LogP contribution in [0.3, 0.4) is 0 Å². The third-order valence-electron chi connectivity index (χ3n) is 2.90. The summed E-state index contributed by atoms with van der Waals surface area (Å²) in [4.78, 5) is 21.5. The van der Waals surface area contributed by atoms with Gasteiger partial charge in [-0.3, -0.25) is 0 Å². The van der Waals surface area contributed by atoms with Crippen LogP contribution in [0.15, 0.2) is 12.3 Å². The maximum atomic E-state index is 11.7. The van der Waals surface area contributed by atoms with Gasteiger partial charge in [0.2, 0.25) is 0 Å². The molecule has 0 bridgehead atoms. The molecule has 1 aromatic rings. The first kappa shape index (κ1) is 11.6. The Morgan fingerprint density at radius 1 is 1.47 bits per heavy atom. The second kappa shape index (κ2) is 4.94. The van der Waals surface area contributed by atoms with E-state index in [-0.39, 0.29) is 11.9 Å². The summed E-state index contributed by atoms with van der Waals surface area (Å²) < 4.78 is 0.979. The molecule has 7 nitrogen and oxygen atoms in total. The second-order valence-electron chi connectivity index (χ2n) is 4.16. The summed E-state index contributed by atoms with van der Waals surface area (Å²) in [6.07, 6.45) is 6.68. The molecule has 1 saturated carbocycles. The third kappa shape index (κ3) is 2.80. The van der Waals surface area contributed by atoms with Crippen molar-refractivity contribution in [1.82, 2.24) is 15.1 Å². The summed E-state index contributed by atoms with van der Waals surface area (Å²) in [7, 11) is 0. The van der Waals surface area contributed by atoms with Gasteiger partial charge in [0.1, 0.15) is 0 Å². The van der Waals surface area contributed by atoms with E-state index in [1.807, 2.05) is 0 Å². The monoisotopic (exact) mass is 238 g/mol. The molecule has 0 unspecified atom stereocenters. The molecule has 2 rings (SSSR count). The van der Waals surface area contributed by atoms with Gasteiger partial charge in [0.15, 0.2) is 0 Å². The summed E-state index contributed by atoms with van der Waals surface area (Å²) in [5, 5.41) is 16.8. The standard InChI is InChI=1S/C10H14N4O3/c15-10(11-8-4-2-1-3-5-8)13-7-6-9(12-13)14(16)17/h6-8H,1-5H2,(H,11,15). The van der Waals surface area contributed by atoms with Crippen molar-refractivity contribution in [2.24, 2.45) is 0 Å². The van der Waals surface area contributed by atoms with Crippen molar-refractivity contribution < 1.29 is 9.72 Å². The molecule has 0 radical (unpaired) electrons. The average Bonchev–Trinajstić information content (AvgIpc) is 2.79. The van der Waals surface area contributed by atoms with E-state index in [2.05, 4.69) is 10.4 Å². The smallest absolute Gasteiger partial charge is 0.358 e. The van der Waals surface area contributed by atoms with Gasteiger partial charge in [-0.25, -0.2) is 4.79 Å². The Kier molecular flexibility index (Phi) is 3.36. The van der Waals surface area contributed by atoms with Crippen molar-refractivity contribution >= 4 is 11.8 Å². The van der Waals surface area contributed by atoms with Crippen LogP contribution in [0.25, 0.3) is 0 Å². The Hall–Kier alpha value is -1.92. The van der Waals surface area contributed by atoms with Crippen molar-refractivity contribution in [3.05, 3.63) is 22.4 Å². The van der Waals surface area contributed by atoms with Gasteiger partial charge in [-0.2, -0.15) is 0 Å². The van der Waals surface area contributed by atoms with Crippen molar-refractivity contribution in [2.75, 3.05) is 0 Å². The van der Waals surface area contributed by atoms with E-state index in [1.54, 1.807) is 0 Å². The molecule has 0 aromatic carbocycles. The van der Waals surface area contributed by atoms with Gasteiger partial charge in [0.25, 0.3) is 0 Å². The van der Waals surface area contributed by atoms with E-state index < -0.39 is 11.0 Å². The highest BCUT2D eigenvalue weighted by Gasteiger charge is 2.20. The zero-order valence-corrected chi connectivity index (χ0v) is 9.33. The lowest BCUT2D eigenvalue weighted by Crippen LogP contribution is -2.39. The van der Waals surface area contributed by atoms with Crippen LogP contribution in [-0.4, -0.2) is 26.8 Å². The van der Waals surface area contributed by atoms with Gasteiger partial charge in [-0.1, -0.05) is 23.9 Å². The molecule has 7 heteroatoms. The van der Waals surface area contributed by atoms with E-state index in [9.17, 15) is 14.9 Å². The first-order chi connectivity index (χ1) is 8.16. The van der Waals surface area contributed by atoms with Crippen LogP contribution in [0, 0.1) is 10.1 Å². The van der Waals surface area contributed by atoms with Crippen molar-refractivity contribution in [1.29, 1.82) is 0 Å². The summed E-state index contributed by atoms with van der Waals surface area (Å²) in [5.74, 6) is -0.316. The lowest BCUT2D eigenvalue weighted by Gasteiger charge is -2.21. The highest BCUT2D eigenvalue weighted by atomic mass is 16.6. The molecule has 1 amide bonds. The van der Waals surface area contributed by atoms with Crippen LogP contribution in [0.4, 0.5) is 10.6 Å². The minimum absolute atomic E-state index is 0.166. The average molecular weight is 238 g/mol. The molecule has 0 atom stereocenters. The number of rotatable bonds is 2. The molecule has 92 valence electrons. The first-order valence-electron chi connectivity index (χ1n) is 5.68. The number of hydrogen-bond donors (Lipinski definition) is 1.